The van der Waals surface area contributed by atoms with Crippen LogP contribution in [-0.4, -0.2) is 38.2 Å². The molecule has 0 saturated carbocycles. The average Bonchev–Trinajstić information content (AvgIpc) is 2.95. The minimum Gasteiger partial charge on any atom is -0.480 e. The highest BCUT2D eigenvalue weighted by atomic mass is 32.2. The summed E-state index contributed by atoms with van der Waals surface area (Å²) in [6, 6.07) is 8.87. The molecule has 0 fully saturated rings. The van der Waals surface area contributed by atoms with Gasteiger partial charge in [-0.25, -0.2) is 13.4 Å². The second-order valence-electron chi connectivity index (χ2n) is 6.29. The van der Waals surface area contributed by atoms with E-state index in [9.17, 15) is 13.2 Å². The number of carbonyl (C=O) groups excluding carboxylic acids is 1. The summed E-state index contributed by atoms with van der Waals surface area (Å²) in [5, 5.41) is 3.80. The van der Waals surface area contributed by atoms with E-state index in [1.165, 1.54) is 18.7 Å². The quantitative estimate of drug-likeness (QED) is 0.891. The third kappa shape index (κ3) is 3.77. The van der Waals surface area contributed by atoms with Crippen molar-refractivity contribution in [1.82, 2.24) is 10.3 Å². The van der Waals surface area contributed by atoms with Crippen molar-refractivity contribution in [2.75, 3.05) is 12.9 Å². The van der Waals surface area contributed by atoms with E-state index in [1.54, 1.807) is 12.1 Å². The molecule has 1 unspecified atom stereocenters. The van der Waals surface area contributed by atoms with Gasteiger partial charge < -0.3 is 10.1 Å². The molecule has 1 N–H and O–H groups in total. The van der Waals surface area contributed by atoms with Crippen LogP contribution in [0.1, 0.15) is 21.5 Å². The van der Waals surface area contributed by atoms with Gasteiger partial charge >= 0.3 is 0 Å². The average molecular weight is 372 g/mol. The van der Waals surface area contributed by atoms with Gasteiger partial charge in [0.25, 0.3) is 5.91 Å². The Hall–Kier alpha value is -2.67. The van der Waals surface area contributed by atoms with Crippen molar-refractivity contribution in [3.8, 4) is 17.1 Å². The zero-order valence-electron chi connectivity index (χ0n) is 14.8. The van der Waals surface area contributed by atoms with Crippen LogP contribution in [0.25, 0.3) is 11.3 Å². The van der Waals surface area contributed by atoms with Crippen molar-refractivity contribution >= 4 is 15.7 Å². The topological polar surface area (TPSA) is 85.4 Å². The number of benzene rings is 1. The number of sulfone groups is 1. The van der Waals surface area contributed by atoms with E-state index >= 15 is 0 Å². The van der Waals surface area contributed by atoms with Gasteiger partial charge in [-0.05, 0) is 49.2 Å². The lowest BCUT2D eigenvalue weighted by Gasteiger charge is -2.13. The molecule has 1 aromatic heterocycles. The van der Waals surface area contributed by atoms with E-state index in [4.69, 9.17) is 4.74 Å². The molecule has 26 heavy (non-hydrogen) atoms. The standard InChI is InChI=1S/C19H20N2O4S/c1-12-4-5-14(10-13(12)2)17-7-6-16(19(21-17)25-3)18(22)20-15-8-9-26(23,24)11-15/h4-10,15H,11H2,1-3H3,(H,20,22). The lowest BCUT2D eigenvalue weighted by Crippen LogP contribution is -2.35. The minimum atomic E-state index is -3.23. The predicted molar refractivity (Wildman–Crippen MR) is 99.9 cm³/mol. The summed E-state index contributed by atoms with van der Waals surface area (Å²) in [5.74, 6) is -0.356. The molecule has 0 aliphatic carbocycles. The first-order valence-electron chi connectivity index (χ1n) is 8.13. The molecule has 1 aromatic carbocycles. The molecule has 0 saturated heterocycles. The number of hydrogen-bond donors (Lipinski definition) is 1. The zero-order valence-corrected chi connectivity index (χ0v) is 15.6. The first kappa shape index (κ1) is 18.1. The van der Waals surface area contributed by atoms with Gasteiger partial charge in [0.05, 0.1) is 24.6 Å². The third-order valence-corrected chi connectivity index (χ3v) is 5.74. The predicted octanol–water partition coefficient (Wildman–Crippen LogP) is 2.41. The van der Waals surface area contributed by atoms with Crippen LogP contribution in [0.3, 0.4) is 0 Å². The fraction of sp³-hybridized carbons (Fsp3) is 0.263. The maximum Gasteiger partial charge on any atom is 0.257 e. The molecule has 0 spiro atoms. The molecule has 0 bridgehead atoms. The Morgan fingerprint density at radius 3 is 2.58 bits per heavy atom. The number of hydrogen-bond acceptors (Lipinski definition) is 5. The van der Waals surface area contributed by atoms with Gasteiger partial charge in [-0.1, -0.05) is 12.1 Å². The number of ether oxygens (including phenoxy) is 1. The van der Waals surface area contributed by atoms with Gasteiger partial charge in [0.2, 0.25) is 5.88 Å². The third-order valence-electron chi connectivity index (χ3n) is 4.35. The summed E-state index contributed by atoms with van der Waals surface area (Å²) in [6.07, 6.45) is 1.47. The fourth-order valence-corrected chi connectivity index (χ4v) is 3.98. The first-order valence-corrected chi connectivity index (χ1v) is 9.85. The Morgan fingerprint density at radius 2 is 1.96 bits per heavy atom. The number of aryl methyl sites for hydroxylation is 2. The van der Waals surface area contributed by atoms with Crippen molar-refractivity contribution in [2.45, 2.75) is 19.9 Å². The van der Waals surface area contributed by atoms with Crippen molar-refractivity contribution in [1.29, 1.82) is 0 Å². The second-order valence-corrected chi connectivity index (χ2v) is 8.22. The number of amides is 1. The molecule has 136 valence electrons. The molecule has 6 nitrogen and oxygen atoms in total. The summed E-state index contributed by atoms with van der Waals surface area (Å²) in [7, 11) is -1.78. The molecule has 2 aromatic rings. The van der Waals surface area contributed by atoms with E-state index in [0.717, 1.165) is 16.5 Å². The number of rotatable bonds is 4. The van der Waals surface area contributed by atoms with Crippen LogP contribution >= 0.6 is 0 Å². The maximum atomic E-state index is 12.5. The maximum absolute atomic E-state index is 12.5. The number of methoxy groups -OCH3 is 1. The molecule has 1 atom stereocenters. The Morgan fingerprint density at radius 1 is 1.19 bits per heavy atom. The van der Waals surface area contributed by atoms with Gasteiger partial charge in [-0.15, -0.1) is 0 Å². The molecule has 1 aliphatic heterocycles. The van der Waals surface area contributed by atoms with E-state index in [2.05, 4.69) is 10.3 Å². The number of pyridine rings is 1. The largest absolute Gasteiger partial charge is 0.480 e. The highest BCUT2D eigenvalue weighted by molar-refractivity contribution is 7.94. The van der Waals surface area contributed by atoms with Crippen molar-refractivity contribution in [3.63, 3.8) is 0 Å². The van der Waals surface area contributed by atoms with Crippen LogP contribution in [0, 0.1) is 13.8 Å². The van der Waals surface area contributed by atoms with Gasteiger partial charge in [-0.3, -0.25) is 4.79 Å². The number of carbonyl (C=O) groups is 1. The van der Waals surface area contributed by atoms with Gasteiger partial charge in [0.1, 0.15) is 5.56 Å². The van der Waals surface area contributed by atoms with Crippen LogP contribution in [0.4, 0.5) is 0 Å². The number of aromatic nitrogens is 1. The van der Waals surface area contributed by atoms with Crippen molar-refractivity contribution in [2.24, 2.45) is 0 Å². The SMILES string of the molecule is COc1nc(-c2ccc(C)c(C)c2)ccc1C(=O)NC1C=CS(=O)(=O)C1. The lowest BCUT2D eigenvalue weighted by molar-refractivity contribution is 0.0944. The Labute approximate surface area is 152 Å². The van der Waals surface area contributed by atoms with Gasteiger partial charge in [0, 0.05) is 11.0 Å². The Kier molecular flexibility index (Phi) is 4.82. The Balaban J connectivity index is 1.86. The molecule has 1 amide bonds. The highest BCUT2D eigenvalue weighted by Crippen LogP contribution is 2.25. The molecule has 2 heterocycles. The summed E-state index contributed by atoms with van der Waals surface area (Å²) in [6.45, 7) is 4.07. The van der Waals surface area contributed by atoms with E-state index < -0.39 is 21.8 Å². The lowest BCUT2D eigenvalue weighted by atomic mass is 10.0. The first-order chi connectivity index (χ1) is 12.3. The van der Waals surface area contributed by atoms with Crippen LogP contribution in [0.2, 0.25) is 0 Å². The zero-order chi connectivity index (χ0) is 18.9. The summed E-state index contributed by atoms with van der Waals surface area (Å²) in [4.78, 5) is 16.9. The van der Waals surface area contributed by atoms with Gasteiger partial charge in [-0.2, -0.15) is 0 Å². The van der Waals surface area contributed by atoms with E-state index in [1.807, 2.05) is 32.0 Å². The number of nitrogens with zero attached hydrogens (tertiary/aromatic N) is 1. The normalized spacial score (nSPS) is 17.9. The highest BCUT2D eigenvalue weighted by Gasteiger charge is 2.25. The summed E-state index contributed by atoms with van der Waals surface area (Å²) < 4.78 is 28.2. The molecule has 0 radical (unpaired) electrons. The molecule has 3 rings (SSSR count). The van der Waals surface area contributed by atoms with E-state index in [-0.39, 0.29) is 17.2 Å². The summed E-state index contributed by atoms with van der Waals surface area (Å²) in [5.41, 5.74) is 4.24. The molecule has 1 aliphatic rings. The fourth-order valence-electron chi connectivity index (χ4n) is 2.74. The van der Waals surface area contributed by atoms with E-state index in [0.29, 0.717) is 5.69 Å². The molecular formula is C19H20N2O4S. The second kappa shape index (κ2) is 6.92. The summed E-state index contributed by atoms with van der Waals surface area (Å²) >= 11 is 0. The molecule has 7 heteroatoms. The van der Waals surface area contributed by atoms with Gasteiger partial charge in [0.15, 0.2) is 9.84 Å². The minimum absolute atomic E-state index is 0.130. The monoisotopic (exact) mass is 372 g/mol. The smallest absolute Gasteiger partial charge is 0.257 e. The Bertz CT molecular complexity index is 997. The van der Waals surface area contributed by atoms with Crippen LogP contribution in [-0.2, 0) is 9.84 Å². The van der Waals surface area contributed by atoms with Crippen molar-refractivity contribution < 1.29 is 17.9 Å². The molecular weight excluding hydrogens is 352 g/mol. The number of nitrogens with one attached hydrogen (secondary N) is 1. The van der Waals surface area contributed by atoms with Crippen LogP contribution in [0.5, 0.6) is 5.88 Å². The van der Waals surface area contributed by atoms with Crippen molar-refractivity contribution in [3.05, 3.63) is 58.5 Å². The van der Waals surface area contributed by atoms with Crippen LogP contribution < -0.4 is 10.1 Å². The van der Waals surface area contributed by atoms with Crippen LogP contribution in [0.15, 0.2) is 41.8 Å².